The van der Waals surface area contributed by atoms with Crippen molar-refractivity contribution in [2.45, 2.75) is 13.0 Å². The van der Waals surface area contributed by atoms with E-state index in [1.165, 1.54) is 12.1 Å². The third-order valence-corrected chi connectivity index (χ3v) is 3.55. The molecule has 0 saturated heterocycles. The van der Waals surface area contributed by atoms with E-state index in [0.29, 0.717) is 30.2 Å². The summed E-state index contributed by atoms with van der Waals surface area (Å²) in [5, 5.41) is 6.55. The number of carbonyl (C=O) groups is 1. The Hall–Kier alpha value is -1.78. The Bertz CT molecular complexity index is 647. The standard InChI is InChI=1S/C16H15Cl2FN2O/c17-12-3-1-11(2-4-12)10-21-16(22)7-8-20-13-5-6-15(19)14(18)9-13/h1-6,9,20H,7-8,10H2,(H,21,22). The van der Waals surface area contributed by atoms with Crippen LogP contribution in [0, 0.1) is 5.82 Å². The van der Waals surface area contributed by atoms with Crippen LogP contribution in [-0.4, -0.2) is 12.5 Å². The van der Waals surface area contributed by atoms with Gasteiger partial charge in [-0.1, -0.05) is 35.3 Å². The van der Waals surface area contributed by atoms with Crippen LogP contribution in [-0.2, 0) is 11.3 Å². The van der Waals surface area contributed by atoms with Gasteiger partial charge in [-0.2, -0.15) is 0 Å². The Balaban J connectivity index is 1.71. The Kier molecular flexibility index (Phi) is 6.04. The lowest BCUT2D eigenvalue weighted by atomic mass is 10.2. The Labute approximate surface area is 138 Å². The largest absolute Gasteiger partial charge is 0.384 e. The van der Waals surface area contributed by atoms with E-state index in [-0.39, 0.29) is 10.9 Å². The number of rotatable bonds is 6. The van der Waals surface area contributed by atoms with Crippen molar-refractivity contribution >= 4 is 34.8 Å². The highest BCUT2D eigenvalue weighted by molar-refractivity contribution is 6.31. The van der Waals surface area contributed by atoms with Gasteiger partial charge in [0.1, 0.15) is 5.82 Å². The summed E-state index contributed by atoms with van der Waals surface area (Å²) in [5.74, 6) is -0.538. The van der Waals surface area contributed by atoms with E-state index in [1.807, 2.05) is 12.1 Å². The fraction of sp³-hybridized carbons (Fsp3) is 0.188. The van der Waals surface area contributed by atoms with Crippen molar-refractivity contribution in [1.82, 2.24) is 5.32 Å². The van der Waals surface area contributed by atoms with Gasteiger partial charge in [0, 0.05) is 30.2 Å². The van der Waals surface area contributed by atoms with Crippen LogP contribution in [0.2, 0.25) is 10.0 Å². The zero-order valence-electron chi connectivity index (χ0n) is 11.7. The molecule has 0 radical (unpaired) electrons. The molecule has 22 heavy (non-hydrogen) atoms. The number of amides is 1. The third kappa shape index (κ3) is 5.20. The molecule has 0 saturated carbocycles. The number of hydrogen-bond donors (Lipinski definition) is 2. The molecule has 2 rings (SSSR count). The molecule has 0 heterocycles. The summed E-state index contributed by atoms with van der Waals surface area (Å²) in [4.78, 5) is 11.7. The highest BCUT2D eigenvalue weighted by atomic mass is 35.5. The molecular weight excluding hydrogens is 326 g/mol. The maximum atomic E-state index is 13.0. The average Bonchev–Trinajstić information content (AvgIpc) is 2.50. The van der Waals surface area contributed by atoms with Crippen molar-refractivity contribution in [3.05, 3.63) is 63.9 Å². The number of hydrogen-bond acceptors (Lipinski definition) is 2. The van der Waals surface area contributed by atoms with Gasteiger partial charge in [0.05, 0.1) is 5.02 Å². The molecule has 0 aliphatic heterocycles. The molecule has 2 aromatic rings. The predicted octanol–water partition coefficient (Wildman–Crippen LogP) is 4.25. The minimum Gasteiger partial charge on any atom is -0.384 e. The van der Waals surface area contributed by atoms with Gasteiger partial charge in [-0.05, 0) is 35.9 Å². The second-order valence-electron chi connectivity index (χ2n) is 4.71. The number of halogens is 3. The van der Waals surface area contributed by atoms with Crippen molar-refractivity contribution in [3.8, 4) is 0 Å². The van der Waals surface area contributed by atoms with E-state index in [2.05, 4.69) is 10.6 Å². The number of anilines is 1. The van der Waals surface area contributed by atoms with Gasteiger partial charge < -0.3 is 10.6 Å². The first-order valence-corrected chi connectivity index (χ1v) is 7.50. The van der Waals surface area contributed by atoms with Gasteiger partial charge in [-0.15, -0.1) is 0 Å². The molecule has 0 bridgehead atoms. The summed E-state index contributed by atoms with van der Waals surface area (Å²) >= 11 is 11.5. The predicted molar refractivity (Wildman–Crippen MR) is 87.8 cm³/mol. The van der Waals surface area contributed by atoms with Crippen molar-refractivity contribution in [3.63, 3.8) is 0 Å². The summed E-state index contributed by atoms with van der Waals surface area (Å²) < 4.78 is 13.0. The van der Waals surface area contributed by atoms with Gasteiger partial charge in [0.15, 0.2) is 0 Å². The van der Waals surface area contributed by atoms with E-state index >= 15 is 0 Å². The molecule has 2 N–H and O–H groups in total. The van der Waals surface area contributed by atoms with Crippen molar-refractivity contribution in [2.24, 2.45) is 0 Å². The van der Waals surface area contributed by atoms with Crippen molar-refractivity contribution in [2.75, 3.05) is 11.9 Å². The van der Waals surface area contributed by atoms with Crippen LogP contribution in [0.3, 0.4) is 0 Å². The van der Waals surface area contributed by atoms with Gasteiger partial charge in [-0.25, -0.2) is 4.39 Å². The smallest absolute Gasteiger partial charge is 0.222 e. The first-order chi connectivity index (χ1) is 10.5. The highest BCUT2D eigenvalue weighted by Crippen LogP contribution is 2.19. The summed E-state index contributed by atoms with van der Waals surface area (Å²) in [6, 6.07) is 11.6. The molecule has 116 valence electrons. The summed E-state index contributed by atoms with van der Waals surface area (Å²) in [5.41, 5.74) is 1.66. The fourth-order valence-electron chi connectivity index (χ4n) is 1.82. The maximum Gasteiger partial charge on any atom is 0.222 e. The van der Waals surface area contributed by atoms with Crippen LogP contribution < -0.4 is 10.6 Å². The topological polar surface area (TPSA) is 41.1 Å². The first kappa shape index (κ1) is 16.6. The highest BCUT2D eigenvalue weighted by Gasteiger charge is 2.03. The molecule has 1 amide bonds. The third-order valence-electron chi connectivity index (χ3n) is 3.00. The van der Waals surface area contributed by atoms with Crippen LogP contribution in [0.4, 0.5) is 10.1 Å². The molecule has 0 atom stereocenters. The normalized spacial score (nSPS) is 10.3. The lowest BCUT2D eigenvalue weighted by Gasteiger charge is -2.08. The number of benzene rings is 2. The molecular formula is C16H15Cl2FN2O. The molecule has 0 aliphatic carbocycles. The molecule has 6 heteroatoms. The molecule has 2 aromatic carbocycles. The summed E-state index contributed by atoms with van der Waals surface area (Å²) in [7, 11) is 0. The van der Waals surface area contributed by atoms with Gasteiger partial charge in [0.25, 0.3) is 0 Å². The van der Waals surface area contributed by atoms with E-state index in [1.54, 1.807) is 18.2 Å². The molecule has 0 aromatic heterocycles. The Morgan fingerprint density at radius 2 is 1.82 bits per heavy atom. The Morgan fingerprint density at radius 1 is 1.09 bits per heavy atom. The number of carbonyl (C=O) groups excluding carboxylic acids is 1. The minimum atomic E-state index is -0.465. The molecule has 0 spiro atoms. The van der Waals surface area contributed by atoms with Crippen molar-refractivity contribution in [1.29, 1.82) is 0 Å². The van der Waals surface area contributed by atoms with E-state index in [9.17, 15) is 9.18 Å². The monoisotopic (exact) mass is 340 g/mol. The Morgan fingerprint density at radius 3 is 2.50 bits per heavy atom. The number of nitrogens with one attached hydrogen (secondary N) is 2. The SMILES string of the molecule is O=C(CCNc1ccc(F)c(Cl)c1)NCc1ccc(Cl)cc1. The second kappa shape index (κ2) is 8.01. The van der Waals surface area contributed by atoms with Crippen LogP contribution >= 0.6 is 23.2 Å². The zero-order chi connectivity index (χ0) is 15.9. The van der Waals surface area contributed by atoms with Crippen LogP contribution in [0.25, 0.3) is 0 Å². The molecule has 3 nitrogen and oxygen atoms in total. The lowest BCUT2D eigenvalue weighted by Crippen LogP contribution is -2.24. The van der Waals surface area contributed by atoms with E-state index < -0.39 is 5.82 Å². The van der Waals surface area contributed by atoms with Gasteiger partial charge >= 0.3 is 0 Å². The van der Waals surface area contributed by atoms with Gasteiger partial charge in [-0.3, -0.25) is 4.79 Å². The summed E-state index contributed by atoms with van der Waals surface area (Å²) in [6.45, 7) is 0.896. The first-order valence-electron chi connectivity index (χ1n) is 6.74. The molecule has 0 aliphatic rings. The van der Waals surface area contributed by atoms with E-state index in [0.717, 1.165) is 5.56 Å². The van der Waals surface area contributed by atoms with Crippen LogP contribution in [0.5, 0.6) is 0 Å². The van der Waals surface area contributed by atoms with Crippen LogP contribution in [0.1, 0.15) is 12.0 Å². The average molecular weight is 341 g/mol. The zero-order valence-corrected chi connectivity index (χ0v) is 13.2. The van der Waals surface area contributed by atoms with E-state index in [4.69, 9.17) is 23.2 Å². The van der Waals surface area contributed by atoms with Gasteiger partial charge in [0.2, 0.25) is 5.91 Å². The molecule has 0 fully saturated rings. The van der Waals surface area contributed by atoms with Crippen molar-refractivity contribution < 1.29 is 9.18 Å². The fourth-order valence-corrected chi connectivity index (χ4v) is 2.12. The second-order valence-corrected chi connectivity index (χ2v) is 5.55. The lowest BCUT2D eigenvalue weighted by molar-refractivity contribution is -0.121. The van der Waals surface area contributed by atoms with Crippen LogP contribution in [0.15, 0.2) is 42.5 Å². The molecule has 0 unspecified atom stereocenters. The quantitative estimate of drug-likeness (QED) is 0.825. The summed E-state index contributed by atoms with van der Waals surface area (Å²) in [6.07, 6.45) is 0.308. The minimum absolute atomic E-state index is 0.0530. The maximum absolute atomic E-state index is 13.0.